The molecule has 1 saturated heterocycles. The molecular weight excluding hydrogens is 224 g/mol. The fraction of sp³-hybridized carbons (Fsp3) is 0.600. The van der Waals surface area contributed by atoms with E-state index in [0.29, 0.717) is 6.04 Å². The van der Waals surface area contributed by atoms with Gasteiger partial charge >= 0.3 is 0 Å². The molecular formula is C15H24N2O. The van der Waals surface area contributed by atoms with Gasteiger partial charge in [-0.15, -0.1) is 0 Å². The first-order chi connectivity index (χ1) is 8.88. The average molecular weight is 248 g/mol. The zero-order chi connectivity index (χ0) is 12.6. The number of benzene rings is 1. The van der Waals surface area contributed by atoms with Crippen LogP contribution < -0.4 is 15.4 Å². The van der Waals surface area contributed by atoms with Crippen LogP contribution in [0.4, 0.5) is 5.69 Å². The monoisotopic (exact) mass is 248 g/mol. The highest BCUT2D eigenvalue weighted by Gasteiger charge is 2.11. The molecule has 1 unspecified atom stereocenters. The lowest BCUT2D eigenvalue weighted by atomic mass is 10.0. The molecule has 0 aliphatic carbocycles. The van der Waals surface area contributed by atoms with Crippen LogP contribution >= 0.6 is 0 Å². The Morgan fingerprint density at radius 2 is 2.11 bits per heavy atom. The summed E-state index contributed by atoms with van der Waals surface area (Å²) in [6.45, 7) is 4.95. The first-order valence-corrected chi connectivity index (χ1v) is 7.08. The molecule has 100 valence electrons. The topological polar surface area (TPSA) is 33.3 Å². The minimum atomic E-state index is 0.703. The molecule has 1 aliphatic rings. The lowest BCUT2D eigenvalue weighted by Crippen LogP contribution is -2.35. The summed E-state index contributed by atoms with van der Waals surface area (Å²) in [6.07, 6.45) is 5.24. The minimum absolute atomic E-state index is 0.703. The van der Waals surface area contributed by atoms with Gasteiger partial charge in [0.2, 0.25) is 0 Å². The van der Waals surface area contributed by atoms with E-state index in [4.69, 9.17) is 4.74 Å². The van der Waals surface area contributed by atoms with E-state index in [9.17, 15) is 0 Å². The first-order valence-electron chi connectivity index (χ1n) is 7.08. The summed E-state index contributed by atoms with van der Waals surface area (Å²) >= 11 is 0. The smallest absolute Gasteiger partial charge is 0.119 e. The largest absolute Gasteiger partial charge is 0.494 e. The number of hydrogen-bond donors (Lipinski definition) is 2. The van der Waals surface area contributed by atoms with E-state index in [2.05, 4.69) is 22.8 Å². The van der Waals surface area contributed by atoms with Crippen LogP contribution in [0.5, 0.6) is 5.75 Å². The third kappa shape index (κ3) is 4.22. The van der Waals surface area contributed by atoms with Gasteiger partial charge in [-0.2, -0.15) is 0 Å². The third-order valence-corrected chi connectivity index (χ3v) is 3.40. The van der Waals surface area contributed by atoms with Gasteiger partial charge in [0, 0.05) is 18.3 Å². The van der Waals surface area contributed by atoms with E-state index < -0.39 is 0 Å². The quantitative estimate of drug-likeness (QED) is 0.812. The second-order valence-corrected chi connectivity index (χ2v) is 4.82. The van der Waals surface area contributed by atoms with Crippen molar-refractivity contribution in [1.29, 1.82) is 0 Å². The van der Waals surface area contributed by atoms with Crippen LogP contribution in [0.25, 0.3) is 0 Å². The Balaban J connectivity index is 1.69. The average Bonchev–Trinajstić information content (AvgIpc) is 2.42. The lowest BCUT2D eigenvalue weighted by Gasteiger charge is -2.23. The SMILES string of the molecule is CCOc1ccc(NCCC2CCCCN2)cc1. The summed E-state index contributed by atoms with van der Waals surface area (Å²) in [5.74, 6) is 0.942. The van der Waals surface area contributed by atoms with Gasteiger partial charge in [0.15, 0.2) is 0 Å². The molecule has 2 rings (SSSR count). The lowest BCUT2D eigenvalue weighted by molar-refractivity contribution is 0.340. The summed E-state index contributed by atoms with van der Waals surface area (Å²) in [4.78, 5) is 0. The van der Waals surface area contributed by atoms with E-state index >= 15 is 0 Å². The normalized spacial score (nSPS) is 19.5. The number of anilines is 1. The zero-order valence-electron chi connectivity index (χ0n) is 11.2. The van der Waals surface area contributed by atoms with Crippen LogP contribution in [0.2, 0.25) is 0 Å². The number of rotatable bonds is 6. The molecule has 1 fully saturated rings. The van der Waals surface area contributed by atoms with Crippen LogP contribution in [-0.4, -0.2) is 25.7 Å². The highest BCUT2D eigenvalue weighted by molar-refractivity contribution is 5.46. The second-order valence-electron chi connectivity index (χ2n) is 4.82. The molecule has 1 aliphatic heterocycles. The number of piperidine rings is 1. The molecule has 1 heterocycles. The molecule has 1 aromatic rings. The standard InChI is InChI=1S/C15H24N2O/c1-2-18-15-8-6-14(7-9-15)17-12-10-13-5-3-4-11-16-13/h6-9,13,16-17H,2-5,10-12H2,1H3. The Kier molecular flexibility index (Phi) is 5.34. The maximum Gasteiger partial charge on any atom is 0.119 e. The predicted molar refractivity (Wildman–Crippen MR) is 76.4 cm³/mol. The molecule has 0 spiro atoms. The van der Waals surface area contributed by atoms with Crippen molar-refractivity contribution in [2.45, 2.75) is 38.6 Å². The molecule has 0 radical (unpaired) electrons. The molecule has 0 bridgehead atoms. The molecule has 3 heteroatoms. The molecule has 3 nitrogen and oxygen atoms in total. The highest BCUT2D eigenvalue weighted by Crippen LogP contribution is 2.16. The molecule has 2 N–H and O–H groups in total. The Hall–Kier alpha value is -1.22. The molecule has 1 aromatic carbocycles. The van der Waals surface area contributed by atoms with Crippen molar-refractivity contribution < 1.29 is 4.74 Å². The van der Waals surface area contributed by atoms with Crippen molar-refractivity contribution in [3.8, 4) is 5.75 Å². The fourth-order valence-corrected chi connectivity index (χ4v) is 2.40. The summed E-state index contributed by atoms with van der Waals surface area (Å²) in [5.41, 5.74) is 1.18. The van der Waals surface area contributed by atoms with E-state index in [-0.39, 0.29) is 0 Å². The number of hydrogen-bond acceptors (Lipinski definition) is 3. The number of nitrogens with one attached hydrogen (secondary N) is 2. The van der Waals surface area contributed by atoms with Gasteiger partial charge in [-0.1, -0.05) is 6.42 Å². The van der Waals surface area contributed by atoms with Crippen molar-refractivity contribution in [2.24, 2.45) is 0 Å². The van der Waals surface area contributed by atoms with Crippen LogP contribution in [-0.2, 0) is 0 Å². The summed E-state index contributed by atoms with van der Waals surface area (Å²) < 4.78 is 5.42. The minimum Gasteiger partial charge on any atom is -0.494 e. The zero-order valence-corrected chi connectivity index (χ0v) is 11.2. The Morgan fingerprint density at radius 3 is 2.78 bits per heavy atom. The predicted octanol–water partition coefficient (Wildman–Crippen LogP) is 3.03. The van der Waals surface area contributed by atoms with Crippen LogP contribution in [0.3, 0.4) is 0 Å². The van der Waals surface area contributed by atoms with E-state index in [0.717, 1.165) is 18.9 Å². The van der Waals surface area contributed by atoms with Gasteiger partial charge in [0.1, 0.15) is 5.75 Å². The fourth-order valence-electron chi connectivity index (χ4n) is 2.40. The van der Waals surface area contributed by atoms with Crippen LogP contribution in [0.15, 0.2) is 24.3 Å². The van der Waals surface area contributed by atoms with Crippen molar-refractivity contribution >= 4 is 5.69 Å². The van der Waals surface area contributed by atoms with E-state index in [1.54, 1.807) is 0 Å². The Labute approximate surface area is 110 Å². The first kappa shape index (κ1) is 13.2. The maximum atomic E-state index is 5.42. The maximum absolute atomic E-state index is 5.42. The third-order valence-electron chi connectivity index (χ3n) is 3.40. The van der Waals surface area contributed by atoms with Crippen LogP contribution in [0, 0.1) is 0 Å². The van der Waals surface area contributed by atoms with Crippen LogP contribution in [0.1, 0.15) is 32.6 Å². The van der Waals surface area contributed by atoms with Gasteiger partial charge in [0.25, 0.3) is 0 Å². The second kappa shape index (κ2) is 7.27. The summed E-state index contributed by atoms with van der Waals surface area (Å²) in [6, 6.07) is 8.91. The molecule has 18 heavy (non-hydrogen) atoms. The Bertz CT molecular complexity index is 331. The van der Waals surface area contributed by atoms with Gasteiger partial charge in [0.05, 0.1) is 6.61 Å². The van der Waals surface area contributed by atoms with Crippen molar-refractivity contribution in [3.05, 3.63) is 24.3 Å². The van der Waals surface area contributed by atoms with Gasteiger partial charge in [-0.05, 0) is 57.0 Å². The van der Waals surface area contributed by atoms with Gasteiger partial charge < -0.3 is 15.4 Å². The van der Waals surface area contributed by atoms with Gasteiger partial charge in [-0.25, -0.2) is 0 Å². The van der Waals surface area contributed by atoms with Crippen molar-refractivity contribution in [2.75, 3.05) is 25.0 Å². The summed E-state index contributed by atoms with van der Waals surface area (Å²) in [7, 11) is 0. The highest BCUT2D eigenvalue weighted by atomic mass is 16.5. The van der Waals surface area contributed by atoms with Gasteiger partial charge in [-0.3, -0.25) is 0 Å². The molecule has 0 saturated carbocycles. The number of ether oxygens (including phenoxy) is 1. The van der Waals surface area contributed by atoms with E-state index in [1.807, 2.05) is 19.1 Å². The van der Waals surface area contributed by atoms with Crippen molar-refractivity contribution in [3.63, 3.8) is 0 Å². The molecule has 0 aromatic heterocycles. The molecule has 1 atom stereocenters. The molecule has 0 amide bonds. The van der Waals surface area contributed by atoms with E-state index in [1.165, 1.54) is 37.9 Å². The summed E-state index contributed by atoms with van der Waals surface area (Å²) in [5, 5.41) is 7.04. The van der Waals surface area contributed by atoms with Crippen molar-refractivity contribution in [1.82, 2.24) is 5.32 Å². The Morgan fingerprint density at radius 1 is 1.28 bits per heavy atom.